The average molecular weight is 325 g/mol. The lowest BCUT2D eigenvalue weighted by atomic mass is 10.1. The van der Waals surface area contributed by atoms with Gasteiger partial charge in [0.15, 0.2) is 0 Å². The number of carbonyl (C=O) groups excluding carboxylic acids is 1. The van der Waals surface area contributed by atoms with Gasteiger partial charge in [-0.15, -0.1) is 0 Å². The van der Waals surface area contributed by atoms with Gasteiger partial charge in [0.25, 0.3) is 5.91 Å². The van der Waals surface area contributed by atoms with E-state index in [1.807, 2.05) is 42.5 Å². The zero-order valence-electron chi connectivity index (χ0n) is 12.0. The molecule has 0 aliphatic rings. The summed E-state index contributed by atoms with van der Waals surface area (Å²) in [6.07, 6.45) is 1.57. The number of phenols is 1. The number of hydrazone groups is 1. The summed E-state index contributed by atoms with van der Waals surface area (Å²) in [5.41, 5.74) is 3.36. The summed E-state index contributed by atoms with van der Waals surface area (Å²) >= 11 is 5.83. The van der Waals surface area contributed by atoms with Crippen LogP contribution in [0.5, 0.6) is 5.75 Å². The number of benzene rings is 3. The molecule has 4 nitrogen and oxygen atoms in total. The summed E-state index contributed by atoms with van der Waals surface area (Å²) in [6, 6.07) is 18.0. The van der Waals surface area contributed by atoms with Gasteiger partial charge in [0.2, 0.25) is 0 Å². The highest BCUT2D eigenvalue weighted by atomic mass is 35.5. The smallest absolute Gasteiger partial charge is 0.275 e. The van der Waals surface area contributed by atoms with Crippen molar-refractivity contribution >= 4 is 34.5 Å². The summed E-state index contributed by atoms with van der Waals surface area (Å²) in [5.74, 6) is -0.672. The molecule has 3 aromatic carbocycles. The van der Waals surface area contributed by atoms with E-state index >= 15 is 0 Å². The van der Waals surface area contributed by atoms with Crippen LogP contribution in [0.1, 0.15) is 15.9 Å². The Labute approximate surface area is 138 Å². The number of nitrogens with zero attached hydrogens (tertiary/aromatic N) is 1. The number of hydrogen-bond acceptors (Lipinski definition) is 3. The van der Waals surface area contributed by atoms with Crippen LogP contribution in [-0.2, 0) is 0 Å². The van der Waals surface area contributed by atoms with Crippen molar-refractivity contribution in [2.45, 2.75) is 0 Å². The van der Waals surface area contributed by atoms with E-state index in [9.17, 15) is 9.90 Å². The minimum Gasteiger partial charge on any atom is -0.507 e. The van der Waals surface area contributed by atoms with Gasteiger partial charge in [-0.2, -0.15) is 5.10 Å². The molecular formula is C18H13ClN2O2. The molecule has 0 aliphatic heterocycles. The van der Waals surface area contributed by atoms with Crippen molar-refractivity contribution in [3.05, 3.63) is 76.8 Å². The summed E-state index contributed by atoms with van der Waals surface area (Å²) in [7, 11) is 0. The van der Waals surface area contributed by atoms with Crippen molar-refractivity contribution in [3.63, 3.8) is 0 Å². The molecule has 5 heteroatoms. The first kappa shape index (κ1) is 15.1. The molecular weight excluding hydrogens is 312 g/mol. The fourth-order valence-electron chi connectivity index (χ4n) is 2.27. The number of amides is 1. The van der Waals surface area contributed by atoms with Crippen LogP contribution in [0.3, 0.4) is 0 Å². The fraction of sp³-hybridized carbons (Fsp3) is 0. The number of hydrogen-bond donors (Lipinski definition) is 2. The third-order valence-electron chi connectivity index (χ3n) is 3.40. The summed E-state index contributed by atoms with van der Waals surface area (Å²) in [4.78, 5) is 12.0. The lowest BCUT2D eigenvalue weighted by Crippen LogP contribution is -2.17. The Balaban J connectivity index is 1.80. The summed E-state index contributed by atoms with van der Waals surface area (Å²) in [6.45, 7) is 0. The molecule has 0 heterocycles. The van der Waals surface area contributed by atoms with E-state index in [4.69, 9.17) is 11.6 Å². The van der Waals surface area contributed by atoms with Gasteiger partial charge in [-0.1, -0.05) is 54.1 Å². The van der Waals surface area contributed by atoms with Gasteiger partial charge in [0.05, 0.1) is 11.8 Å². The van der Waals surface area contributed by atoms with E-state index in [0.29, 0.717) is 5.02 Å². The lowest BCUT2D eigenvalue weighted by Gasteiger charge is -2.04. The second-order valence-corrected chi connectivity index (χ2v) is 5.37. The normalized spacial score (nSPS) is 11.0. The van der Waals surface area contributed by atoms with Crippen LogP contribution in [0, 0.1) is 0 Å². The molecule has 0 spiro atoms. The van der Waals surface area contributed by atoms with Crippen LogP contribution in [0.15, 0.2) is 65.8 Å². The highest BCUT2D eigenvalue weighted by Crippen LogP contribution is 2.21. The molecule has 0 fully saturated rings. The SMILES string of the molecule is O=C(NN=Cc1cccc2ccccc12)c1cc(Cl)ccc1O. The number of rotatable bonds is 3. The van der Waals surface area contributed by atoms with E-state index in [-0.39, 0.29) is 11.3 Å². The highest BCUT2D eigenvalue weighted by Gasteiger charge is 2.10. The molecule has 0 radical (unpaired) electrons. The van der Waals surface area contributed by atoms with Crippen molar-refractivity contribution < 1.29 is 9.90 Å². The van der Waals surface area contributed by atoms with E-state index in [1.54, 1.807) is 6.21 Å². The van der Waals surface area contributed by atoms with Crippen LogP contribution < -0.4 is 5.43 Å². The van der Waals surface area contributed by atoms with Crippen molar-refractivity contribution in [2.24, 2.45) is 5.10 Å². The largest absolute Gasteiger partial charge is 0.507 e. The number of fused-ring (bicyclic) bond motifs is 1. The maximum Gasteiger partial charge on any atom is 0.275 e. The molecule has 0 aliphatic carbocycles. The van der Waals surface area contributed by atoms with Gasteiger partial charge in [-0.25, -0.2) is 5.43 Å². The number of phenolic OH excluding ortho intramolecular Hbond substituents is 1. The Morgan fingerprint density at radius 1 is 1.09 bits per heavy atom. The average Bonchev–Trinajstić information content (AvgIpc) is 2.57. The minimum absolute atomic E-state index is 0.0765. The van der Waals surface area contributed by atoms with Crippen LogP contribution in [0.4, 0.5) is 0 Å². The second kappa shape index (κ2) is 6.50. The van der Waals surface area contributed by atoms with E-state index < -0.39 is 5.91 Å². The fourth-order valence-corrected chi connectivity index (χ4v) is 2.45. The minimum atomic E-state index is -0.526. The molecule has 0 saturated carbocycles. The first-order valence-corrected chi connectivity index (χ1v) is 7.32. The Morgan fingerprint density at radius 3 is 2.74 bits per heavy atom. The molecule has 0 bridgehead atoms. The second-order valence-electron chi connectivity index (χ2n) is 4.93. The Hall–Kier alpha value is -2.85. The molecule has 114 valence electrons. The maximum atomic E-state index is 12.0. The third-order valence-corrected chi connectivity index (χ3v) is 3.63. The zero-order valence-corrected chi connectivity index (χ0v) is 12.8. The zero-order chi connectivity index (χ0) is 16.2. The maximum absolute atomic E-state index is 12.0. The van der Waals surface area contributed by atoms with E-state index in [1.165, 1.54) is 18.2 Å². The lowest BCUT2D eigenvalue weighted by molar-refractivity contribution is 0.0952. The number of carbonyl (C=O) groups is 1. The van der Waals surface area contributed by atoms with Crippen molar-refractivity contribution in [2.75, 3.05) is 0 Å². The summed E-state index contributed by atoms with van der Waals surface area (Å²) < 4.78 is 0. The molecule has 23 heavy (non-hydrogen) atoms. The highest BCUT2D eigenvalue weighted by molar-refractivity contribution is 6.31. The van der Waals surface area contributed by atoms with E-state index in [2.05, 4.69) is 10.5 Å². The monoisotopic (exact) mass is 324 g/mol. The summed E-state index contributed by atoms with van der Waals surface area (Å²) in [5, 5.41) is 16.2. The molecule has 0 aromatic heterocycles. The van der Waals surface area contributed by atoms with Crippen LogP contribution in [0.25, 0.3) is 10.8 Å². The first-order valence-electron chi connectivity index (χ1n) is 6.95. The standard InChI is InChI=1S/C18H13ClN2O2/c19-14-8-9-17(22)16(10-14)18(23)21-20-11-13-6-3-5-12-4-1-2-7-15(12)13/h1-11,22H,(H,21,23). The van der Waals surface area contributed by atoms with Gasteiger partial charge < -0.3 is 5.11 Å². The van der Waals surface area contributed by atoms with Crippen molar-refractivity contribution in [1.82, 2.24) is 5.43 Å². The molecule has 0 unspecified atom stereocenters. The molecule has 0 atom stereocenters. The Kier molecular flexibility index (Phi) is 4.26. The predicted octanol–water partition coefficient (Wildman–Crippen LogP) is 3.96. The molecule has 0 saturated heterocycles. The molecule has 2 N–H and O–H groups in total. The molecule has 3 rings (SSSR count). The Bertz CT molecular complexity index is 901. The number of nitrogens with one attached hydrogen (secondary N) is 1. The topological polar surface area (TPSA) is 61.7 Å². The van der Waals surface area contributed by atoms with Gasteiger partial charge >= 0.3 is 0 Å². The first-order chi connectivity index (χ1) is 11.1. The van der Waals surface area contributed by atoms with Gasteiger partial charge in [0, 0.05) is 10.6 Å². The van der Waals surface area contributed by atoms with Crippen LogP contribution >= 0.6 is 11.6 Å². The molecule has 1 amide bonds. The van der Waals surface area contributed by atoms with Gasteiger partial charge in [-0.3, -0.25) is 4.79 Å². The third kappa shape index (κ3) is 3.33. The molecule has 3 aromatic rings. The van der Waals surface area contributed by atoms with Crippen LogP contribution in [0.2, 0.25) is 5.02 Å². The quantitative estimate of drug-likeness (QED) is 0.566. The van der Waals surface area contributed by atoms with Crippen molar-refractivity contribution in [3.8, 4) is 5.75 Å². The number of halogens is 1. The number of aromatic hydroxyl groups is 1. The van der Waals surface area contributed by atoms with E-state index in [0.717, 1.165) is 16.3 Å². The predicted molar refractivity (Wildman–Crippen MR) is 92.1 cm³/mol. The Morgan fingerprint density at radius 2 is 1.87 bits per heavy atom. The van der Waals surface area contributed by atoms with Crippen molar-refractivity contribution in [1.29, 1.82) is 0 Å². The van der Waals surface area contributed by atoms with Gasteiger partial charge in [-0.05, 0) is 29.0 Å². The van der Waals surface area contributed by atoms with Crippen LogP contribution in [-0.4, -0.2) is 17.2 Å². The van der Waals surface area contributed by atoms with Gasteiger partial charge in [0.1, 0.15) is 5.75 Å².